The SMILES string of the molecule is NC(N)=NC(N)=NCc1ccncn1. The van der Waals surface area contributed by atoms with Crippen LogP contribution in [0.5, 0.6) is 0 Å². The van der Waals surface area contributed by atoms with E-state index in [1.54, 1.807) is 12.3 Å². The van der Waals surface area contributed by atoms with Gasteiger partial charge in [0.15, 0.2) is 5.96 Å². The summed E-state index contributed by atoms with van der Waals surface area (Å²) in [7, 11) is 0. The molecule has 0 aromatic carbocycles. The normalized spacial score (nSPS) is 11.0. The Morgan fingerprint density at radius 1 is 1.36 bits per heavy atom. The molecule has 74 valence electrons. The van der Waals surface area contributed by atoms with Crippen molar-refractivity contribution in [3.63, 3.8) is 0 Å². The van der Waals surface area contributed by atoms with E-state index in [0.717, 1.165) is 5.69 Å². The first-order chi connectivity index (χ1) is 6.68. The van der Waals surface area contributed by atoms with Gasteiger partial charge in [0.2, 0.25) is 5.96 Å². The van der Waals surface area contributed by atoms with E-state index in [2.05, 4.69) is 20.0 Å². The minimum Gasteiger partial charge on any atom is -0.370 e. The first-order valence-electron chi connectivity index (χ1n) is 3.83. The Morgan fingerprint density at radius 2 is 2.14 bits per heavy atom. The van der Waals surface area contributed by atoms with E-state index in [4.69, 9.17) is 17.2 Å². The maximum atomic E-state index is 5.38. The lowest BCUT2D eigenvalue weighted by molar-refractivity contribution is 0.957. The minimum absolute atomic E-state index is 0.0311. The first-order valence-corrected chi connectivity index (χ1v) is 3.83. The Kier molecular flexibility index (Phi) is 3.36. The Bertz CT molecular complexity index is 338. The van der Waals surface area contributed by atoms with Crippen LogP contribution in [-0.4, -0.2) is 21.9 Å². The van der Waals surface area contributed by atoms with Crippen LogP contribution >= 0.6 is 0 Å². The molecule has 0 aliphatic carbocycles. The predicted molar refractivity (Wildman–Crippen MR) is 53.2 cm³/mol. The van der Waals surface area contributed by atoms with E-state index >= 15 is 0 Å². The highest BCUT2D eigenvalue weighted by atomic mass is 15.1. The Labute approximate surface area is 80.8 Å². The van der Waals surface area contributed by atoms with Gasteiger partial charge >= 0.3 is 0 Å². The van der Waals surface area contributed by atoms with Gasteiger partial charge in [0.1, 0.15) is 6.33 Å². The number of nitrogens with two attached hydrogens (primary N) is 3. The van der Waals surface area contributed by atoms with Gasteiger partial charge in [-0.1, -0.05) is 0 Å². The number of guanidine groups is 2. The van der Waals surface area contributed by atoms with Gasteiger partial charge in [0, 0.05) is 6.20 Å². The fourth-order valence-electron chi connectivity index (χ4n) is 0.741. The molecule has 1 rings (SSSR count). The van der Waals surface area contributed by atoms with Crippen molar-refractivity contribution in [2.24, 2.45) is 27.2 Å². The van der Waals surface area contributed by atoms with E-state index in [1.165, 1.54) is 6.33 Å². The van der Waals surface area contributed by atoms with Crippen LogP contribution in [0.1, 0.15) is 5.69 Å². The summed E-state index contributed by atoms with van der Waals surface area (Å²) in [6.07, 6.45) is 3.05. The molecular formula is C7H11N7. The van der Waals surface area contributed by atoms with Crippen LogP contribution in [0.4, 0.5) is 0 Å². The number of nitrogens with zero attached hydrogens (tertiary/aromatic N) is 4. The minimum atomic E-state index is -0.117. The fraction of sp³-hybridized carbons (Fsp3) is 0.143. The smallest absolute Gasteiger partial charge is 0.218 e. The lowest BCUT2D eigenvalue weighted by atomic mass is 10.4. The van der Waals surface area contributed by atoms with Crippen LogP contribution in [0.2, 0.25) is 0 Å². The Morgan fingerprint density at radius 3 is 2.71 bits per heavy atom. The molecule has 0 atom stereocenters. The predicted octanol–water partition coefficient (Wildman–Crippen LogP) is -1.44. The average Bonchev–Trinajstić information content (AvgIpc) is 2.15. The molecule has 0 aliphatic heterocycles. The van der Waals surface area contributed by atoms with Gasteiger partial charge < -0.3 is 17.2 Å². The maximum absolute atomic E-state index is 5.38. The molecule has 0 aliphatic rings. The van der Waals surface area contributed by atoms with Crippen molar-refractivity contribution in [3.05, 3.63) is 24.3 Å². The highest BCUT2D eigenvalue weighted by molar-refractivity contribution is 5.92. The number of hydrogen-bond acceptors (Lipinski definition) is 3. The quantitative estimate of drug-likeness (QED) is 0.391. The lowest BCUT2D eigenvalue weighted by Crippen LogP contribution is -2.26. The highest BCUT2D eigenvalue weighted by Crippen LogP contribution is 1.93. The molecule has 0 amide bonds. The molecule has 0 saturated carbocycles. The summed E-state index contributed by atoms with van der Waals surface area (Å²) < 4.78 is 0. The van der Waals surface area contributed by atoms with Crippen molar-refractivity contribution in [2.45, 2.75) is 6.54 Å². The topological polar surface area (TPSA) is 129 Å². The summed E-state index contributed by atoms with van der Waals surface area (Å²) in [4.78, 5) is 15.1. The van der Waals surface area contributed by atoms with Gasteiger partial charge in [-0.25, -0.2) is 15.0 Å². The van der Waals surface area contributed by atoms with Crippen LogP contribution in [0.15, 0.2) is 28.6 Å². The molecule has 1 heterocycles. The monoisotopic (exact) mass is 193 g/mol. The molecule has 0 unspecified atom stereocenters. The number of hydrogen-bond donors (Lipinski definition) is 3. The second kappa shape index (κ2) is 4.75. The summed E-state index contributed by atoms with van der Waals surface area (Å²) in [5, 5.41) is 0. The molecular weight excluding hydrogens is 182 g/mol. The molecule has 6 N–H and O–H groups in total. The zero-order chi connectivity index (χ0) is 10.4. The number of aromatic nitrogens is 2. The third-order valence-corrected chi connectivity index (χ3v) is 1.29. The largest absolute Gasteiger partial charge is 0.370 e. The number of rotatable bonds is 2. The van der Waals surface area contributed by atoms with Gasteiger partial charge in [0.25, 0.3) is 0 Å². The van der Waals surface area contributed by atoms with Crippen molar-refractivity contribution in [1.82, 2.24) is 9.97 Å². The van der Waals surface area contributed by atoms with E-state index in [-0.39, 0.29) is 11.9 Å². The molecule has 0 saturated heterocycles. The van der Waals surface area contributed by atoms with Crippen molar-refractivity contribution >= 4 is 11.9 Å². The summed E-state index contributed by atoms with van der Waals surface area (Å²) in [5.41, 5.74) is 16.3. The zero-order valence-corrected chi connectivity index (χ0v) is 7.46. The van der Waals surface area contributed by atoms with Crippen LogP contribution in [0.3, 0.4) is 0 Å². The van der Waals surface area contributed by atoms with E-state index in [9.17, 15) is 0 Å². The summed E-state index contributed by atoms with van der Waals surface area (Å²) in [6, 6.07) is 1.73. The molecule has 0 radical (unpaired) electrons. The second-order valence-electron chi connectivity index (χ2n) is 2.41. The molecule has 0 bridgehead atoms. The molecule has 0 fully saturated rings. The average molecular weight is 193 g/mol. The Balaban J connectivity index is 2.60. The highest BCUT2D eigenvalue weighted by Gasteiger charge is 1.92. The van der Waals surface area contributed by atoms with Crippen molar-refractivity contribution in [1.29, 1.82) is 0 Å². The van der Waals surface area contributed by atoms with Crippen LogP contribution in [0, 0.1) is 0 Å². The standard InChI is InChI=1S/C7H11N7/c8-6(9)14-7(10)12-3-5-1-2-11-4-13-5/h1-2,4H,3H2,(H6,8,9,10,12,14). The van der Waals surface area contributed by atoms with Gasteiger partial charge in [-0.15, -0.1) is 0 Å². The lowest BCUT2D eigenvalue weighted by Gasteiger charge is -1.95. The first kappa shape index (κ1) is 9.90. The van der Waals surface area contributed by atoms with E-state index in [0.29, 0.717) is 6.54 Å². The molecule has 7 heteroatoms. The summed E-state index contributed by atoms with van der Waals surface area (Å²) >= 11 is 0. The fourth-order valence-corrected chi connectivity index (χ4v) is 0.741. The van der Waals surface area contributed by atoms with Gasteiger partial charge in [0.05, 0.1) is 12.2 Å². The van der Waals surface area contributed by atoms with Gasteiger partial charge in [-0.05, 0) is 6.07 Å². The van der Waals surface area contributed by atoms with Crippen LogP contribution in [-0.2, 0) is 6.54 Å². The molecule has 0 spiro atoms. The zero-order valence-electron chi connectivity index (χ0n) is 7.46. The number of aliphatic imine (C=N–C) groups is 2. The summed E-state index contributed by atoms with van der Waals surface area (Å²) in [5.74, 6) is -0.0856. The molecule has 14 heavy (non-hydrogen) atoms. The molecule has 7 nitrogen and oxygen atoms in total. The van der Waals surface area contributed by atoms with Crippen molar-refractivity contribution < 1.29 is 0 Å². The Hall–Kier alpha value is -2.18. The summed E-state index contributed by atoms with van der Waals surface area (Å²) in [6.45, 7) is 0.325. The van der Waals surface area contributed by atoms with Crippen LogP contribution < -0.4 is 17.2 Å². The van der Waals surface area contributed by atoms with E-state index in [1.807, 2.05) is 0 Å². The second-order valence-corrected chi connectivity index (χ2v) is 2.41. The van der Waals surface area contributed by atoms with Crippen LogP contribution in [0.25, 0.3) is 0 Å². The third kappa shape index (κ3) is 3.48. The van der Waals surface area contributed by atoms with Crippen molar-refractivity contribution in [2.75, 3.05) is 0 Å². The van der Waals surface area contributed by atoms with Gasteiger partial charge in [-0.2, -0.15) is 4.99 Å². The van der Waals surface area contributed by atoms with E-state index < -0.39 is 0 Å². The van der Waals surface area contributed by atoms with Gasteiger partial charge in [-0.3, -0.25) is 0 Å². The molecule has 1 aromatic heterocycles. The molecule has 1 aromatic rings. The third-order valence-electron chi connectivity index (χ3n) is 1.29. The maximum Gasteiger partial charge on any atom is 0.218 e. The van der Waals surface area contributed by atoms with Crippen molar-refractivity contribution in [3.8, 4) is 0 Å².